The second-order valence-corrected chi connectivity index (χ2v) is 7.36. The van der Waals surface area contributed by atoms with E-state index in [0.717, 1.165) is 13.1 Å². The van der Waals surface area contributed by atoms with Crippen LogP contribution in [0, 0.1) is 0 Å². The molecule has 0 saturated carbocycles. The molecule has 0 atom stereocenters. The lowest BCUT2D eigenvalue weighted by Crippen LogP contribution is -2.52. The van der Waals surface area contributed by atoms with Gasteiger partial charge >= 0.3 is 6.03 Å². The van der Waals surface area contributed by atoms with Gasteiger partial charge in [0.25, 0.3) is 5.91 Å². The van der Waals surface area contributed by atoms with E-state index in [4.69, 9.17) is 4.42 Å². The summed E-state index contributed by atoms with van der Waals surface area (Å²) in [6.45, 7) is 7.41. The zero-order chi connectivity index (χ0) is 19.6. The third-order valence-electron chi connectivity index (χ3n) is 4.52. The predicted molar refractivity (Wildman–Crippen MR) is 103 cm³/mol. The lowest BCUT2D eigenvalue weighted by atomic mass is 10.2. The summed E-state index contributed by atoms with van der Waals surface area (Å²) >= 11 is 0. The van der Waals surface area contributed by atoms with Crippen molar-refractivity contribution < 1.29 is 14.0 Å². The van der Waals surface area contributed by atoms with E-state index in [1.165, 1.54) is 4.90 Å². The van der Waals surface area contributed by atoms with Gasteiger partial charge < -0.3 is 19.5 Å². The van der Waals surface area contributed by atoms with E-state index in [9.17, 15) is 9.59 Å². The fraction of sp³-hybridized carbons (Fsp3) is 0.526. The Morgan fingerprint density at radius 3 is 2.56 bits per heavy atom. The molecule has 1 aromatic heterocycles. The smallest absolute Gasteiger partial charge is 0.317 e. The first kappa shape index (κ1) is 19.2. The van der Waals surface area contributed by atoms with Gasteiger partial charge in [0.15, 0.2) is 5.58 Å². The molecule has 8 heteroatoms. The van der Waals surface area contributed by atoms with Crippen LogP contribution in [0.3, 0.4) is 0 Å². The number of rotatable bonds is 4. The van der Waals surface area contributed by atoms with E-state index in [1.807, 2.05) is 18.7 Å². The van der Waals surface area contributed by atoms with Crippen molar-refractivity contribution in [1.82, 2.24) is 25.0 Å². The number of benzene rings is 1. The van der Waals surface area contributed by atoms with Gasteiger partial charge in [-0.3, -0.25) is 9.69 Å². The number of oxazole rings is 1. The molecule has 146 valence electrons. The summed E-state index contributed by atoms with van der Waals surface area (Å²) in [7, 11) is 3.45. The maximum Gasteiger partial charge on any atom is 0.317 e. The number of urea groups is 1. The first-order valence-corrected chi connectivity index (χ1v) is 9.22. The number of carbonyl (C=O) groups excluding carboxylic acids is 2. The van der Waals surface area contributed by atoms with Crippen molar-refractivity contribution in [3.8, 4) is 0 Å². The minimum absolute atomic E-state index is 0.00963. The van der Waals surface area contributed by atoms with Gasteiger partial charge in [-0.2, -0.15) is 0 Å². The molecule has 0 aliphatic carbocycles. The Hall–Kier alpha value is -2.61. The summed E-state index contributed by atoms with van der Waals surface area (Å²) in [5, 5.41) is 2.92. The van der Waals surface area contributed by atoms with Crippen LogP contribution in [0.4, 0.5) is 4.79 Å². The van der Waals surface area contributed by atoms with Gasteiger partial charge in [0, 0.05) is 51.9 Å². The molecule has 1 aliphatic rings. The van der Waals surface area contributed by atoms with Crippen LogP contribution in [0.2, 0.25) is 0 Å². The van der Waals surface area contributed by atoms with Gasteiger partial charge in [-0.15, -0.1) is 0 Å². The molecule has 2 aromatic rings. The van der Waals surface area contributed by atoms with Crippen molar-refractivity contribution in [2.75, 3.05) is 40.3 Å². The Labute approximate surface area is 159 Å². The molecule has 0 unspecified atom stereocenters. The first-order chi connectivity index (χ1) is 12.8. The van der Waals surface area contributed by atoms with Crippen LogP contribution < -0.4 is 5.32 Å². The van der Waals surface area contributed by atoms with E-state index >= 15 is 0 Å². The van der Waals surface area contributed by atoms with Crippen LogP contribution in [0.25, 0.3) is 11.1 Å². The van der Waals surface area contributed by atoms with E-state index < -0.39 is 0 Å². The van der Waals surface area contributed by atoms with E-state index in [-0.39, 0.29) is 18.0 Å². The quantitative estimate of drug-likeness (QED) is 0.883. The fourth-order valence-corrected chi connectivity index (χ4v) is 3.07. The number of carbonyl (C=O) groups is 2. The molecule has 1 aromatic carbocycles. The largest absolute Gasteiger partial charge is 0.439 e. The number of aromatic nitrogens is 1. The van der Waals surface area contributed by atoms with Gasteiger partial charge in [-0.25, -0.2) is 9.78 Å². The number of nitrogens with one attached hydrogen (secondary N) is 1. The number of piperazine rings is 1. The van der Waals surface area contributed by atoms with Gasteiger partial charge in [-0.1, -0.05) is 0 Å². The van der Waals surface area contributed by atoms with Gasteiger partial charge in [-0.05, 0) is 32.0 Å². The topological polar surface area (TPSA) is 81.9 Å². The van der Waals surface area contributed by atoms with Crippen LogP contribution >= 0.6 is 0 Å². The molecule has 1 fully saturated rings. The lowest BCUT2D eigenvalue weighted by Gasteiger charge is -2.34. The van der Waals surface area contributed by atoms with Gasteiger partial charge in [0.2, 0.25) is 5.89 Å². The van der Waals surface area contributed by atoms with Crippen molar-refractivity contribution in [3.63, 3.8) is 0 Å². The summed E-state index contributed by atoms with van der Waals surface area (Å²) in [4.78, 5) is 34.3. The van der Waals surface area contributed by atoms with E-state index in [2.05, 4.69) is 15.2 Å². The van der Waals surface area contributed by atoms with Crippen molar-refractivity contribution in [2.24, 2.45) is 0 Å². The predicted octanol–water partition coefficient (Wildman–Crippen LogP) is 1.77. The summed E-state index contributed by atoms with van der Waals surface area (Å²) in [5.41, 5.74) is 1.96. The van der Waals surface area contributed by atoms with Crippen LogP contribution in [-0.4, -0.2) is 77.9 Å². The third kappa shape index (κ3) is 4.57. The van der Waals surface area contributed by atoms with E-state index in [1.54, 1.807) is 32.3 Å². The Bertz CT molecular complexity index is 822. The number of hydrogen-bond acceptors (Lipinski definition) is 5. The fourth-order valence-electron chi connectivity index (χ4n) is 3.07. The molecule has 2 heterocycles. The molecule has 8 nitrogen and oxygen atoms in total. The SMILES string of the molecule is CC(C)NC(=O)N1CCN(Cc2nc3cc(C(=O)N(C)C)ccc3o2)CC1. The Kier molecular flexibility index (Phi) is 5.65. The maximum absolute atomic E-state index is 12.1. The van der Waals surface area contributed by atoms with Crippen molar-refractivity contribution in [1.29, 1.82) is 0 Å². The number of fused-ring (bicyclic) bond motifs is 1. The Balaban J connectivity index is 1.61. The van der Waals surface area contributed by atoms with Crippen LogP contribution in [0.1, 0.15) is 30.1 Å². The standard InChI is InChI=1S/C19H27N5O3/c1-13(2)20-19(26)24-9-7-23(8-10-24)12-17-21-15-11-14(18(25)22(3)4)5-6-16(15)27-17/h5-6,11,13H,7-10,12H2,1-4H3,(H,20,26). The van der Waals surface area contributed by atoms with Crippen molar-refractivity contribution in [2.45, 2.75) is 26.4 Å². The monoisotopic (exact) mass is 373 g/mol. The molecule has 0 radical (unpaired) electrons. The minimum atomic E-state index is -0.0581. The highest BCUT2D eigenvalue weighted by Crippen LogP contribution is 2.19. The maximum atomic E-state index is 12.1. The molecule has 3 rings (SSSR count). The minimum Gasteiger partial charge on any atom is -0.439 e. The zero-order valence-corrected chi connectivity index (χ0v) is 16.4. The molecular weight excluding hydrogens is 346 g/mol. The second-order valence-electron chi connectivity index (χ2n) is 7.36. The number of amides is 3. The molecule has 3 amide bonds. The zero-order valence-electron chi connectivity index (χ0n) is 16.4. The number of hydrogen-bond donors (Lipinski definition) is 1. The summed E-state index contributed by atoms with van der Waals surface area (Å²) in [5.74, 6) is 0.566. The van der Waals surface area contributed by atoms with Crippen LogP contribution in [-0.2, 0) is 6.54 Å². The molecule has 0 spiro atoms. The highest BCUT2D eigenvalue weighted by Gasteiger charge is 2.22. The van der Waals surface area contributed by atoms with Crippen LogP contribution in [0.5, 0.6) is 0 Å². The Morgan fingerprint density at radius 2 is 1.93 bits per heavy atom. The molecule has 1 aliphatic heterocycles. The summed E-state index contributed by atoms with van der Waals surface area (Å²) < 4.78 is 5.82. The lowest BCUT2D eigenvalue weighted by molar-refractivity contribution is 0.0827. The second kappa shape index (κ2) is 7.96. The average molecular weight is 373 g/mol. The van der Waals surface area contributed by atoms with Gasteiger partial charge in [0.1, 0.15) is 5.52 Å². The van der Waals surface area contributed by atoms with Crippen LogP contribution in [0.15, 0.2) is 22.6 Å². The Morgan fingerprint density at radius 1 is 1.22 bits per heavy atom. The highest BCUT2D eigenvalue weighted by molar-refractivity contribution is 5.96. The van der Waals surface area contributed by atoms with Gasteiger partial charge in [0.05, 0.1) is 6.54 Å². The normalized spacial score (nSPS) is 15.4. The molecule has 0 bridgehead atoms. The van der Waals surface area contributed by atoms with Crippen molar-refractivity contribution >= 4 is 23.0 Å². The molecule has 27 heavy (non-hydrogen) atoms. The summed E-state index contributed by atoms with van der Waals surface area (Å²) in [6.07, 6.45) is 0. The average Bonchev–Trinajstić information content (AvgIpc) is 3.02. The highest BCUT2D eigenvalue weighted by atomic mass is 16.3. The molecule has 1 saturated heterocycles. The number of nitrogens with zero attached hydrogens (tertiary/aromatic N) is 4. The third-order valence-corrected chi connectivity index (χ3v) is 4.52. The molecule has 1 N–H and O–H groups in total. The summed E-state index contributed by atoms with van der Waals surface area (Å²) in [6, 6.07) is 5.44. The van der Waals surface area contributed by atoms with E-state index in [0.29, 0.717) is 42.2 Å². The molecular formula is C19H27N5O3. The van der Waals surface area contributed by atoms with Crippen molar-refractivity contribution in [3.05, 3.63) is 29.7 Å². The first-order valence-electron chi connectivity index (χ1n) is 9.22.